The minimum Gasteiger partial charge on any atom is -0.461 e. The summed E-state index contributed by atoms with van der Waals surface area (Å²) in [5.74, 6) is 0.368. The summed E-state index contributed by atoms with van der Waals surface area (Å²) in [5, 5.41) is 3.85. The average molecular weight is 455 g/mol. The third-order valence-corrected chi connectivity index (χ3v) is 6.43. The van der Waals surface area contributed by atoms with Crippen LogP contribution >= 0.6 is 23.2 Å². The summed E-state index contributed by atoms with van der Waals surface area (Å²) in [7, 11) is 1.90. The first-order valence-electron chi connectivity index (χ1n) is 10.6. The Hall–Kier alpha value is -1.57. The molecule has 0 aliphatic heterocycles. The lowest BCUT2D eigenvalue weighted by atomic mass is 9.95. The van der Waals surface area contributed by atoms with E-state index in [0.29, 0.717) is 34.2 Å². The lowest BCUT2D eigenvalue weighted by molar-refractivity contribution is -0.120. The van der Waals surface area contributed by atoms with Crippen LogP contribution in [0.15, 0.2) is 0 Å². The van der Waals surface area contributed by atoms with E-state index in [0.717, 1.165) is 49.7 Å². The first-order chi connectivity index (χ1) is 14.3. The Balaban J connectivity index is 1.37. The van der Waals surface area contributed by atoms with Gasteiger partial charge in [0.2, 0.25) is 5.91 Å². The lowest BCUT2D eigenvalue weighted by Crippen LogP contribution is -2.37. The van der Waals surface area contributed by atoms with Crippen molar-refractivity contribution in [3.8, 4) is 6.01 Å². The van der Waals surface area contributed by atoms with Crippen LogP contribution in [0, 0.1) is 0 Å². The van der Waals surface area contributed by atoms with Crippen LogP contribution in [0.4, 0.5) is 0 Å². The van der Waals surface area contributed by atoms with E-state index >= 15 is 0 Å². The van der Waals surface area contributed by atoms with E-state index in [9.17, 15) is 4.79 Å². The Kier molecular flexibility index (Phi) is 6.42. The fourth-order valence-corrected chi connectivity index (χ4v) is 4.71. The molecular formula is C21H28Cl2N4O3. The second-order valence-electron chi connectivity index (χ2n) is 8.48. The van der Waals surface area contributed by atoms with Crippen LogP contribution in [0.2, 0.25) is 10.2 Å². The molecular weight excluding hydrogens is 427 g/mol. The van der Waals surface area contributed by atoms with Crippen molar-refractivity contribution in [3.05, 3.63) is 15.9 Å². The molecule has 1 amide bonds. The quantitative estimate of drug-likeness (QED) is 0.627. The molecule has 7 nitrogen and oxygen atoms in total. The molecule has 2 aromatic rings. The highest BCUT2D eigenvalue weighted by atomic mass is 35.5. The second kappa shape index (κ2) is 8.89. The number of carbonyl (C=O) groups is 1. The van der Waals surface area contributed by atoms with Gasteiger partial charge in [-0.05, 0) is 45.4 Å². The van der Waals surface area contributed by atoms with Crippen LogP contribution in [-0.2, 0) is 16.6 Å². The summed E-state index contributed by atoms with van der Waals surface area (Å²) in [6.45, 7) is 3.98. The summed E-state index contributed by atoms with van der Waals surface area (Å²) in [6.07, 6.45) is 6.06. The molecule has 0 saturated heterocycles. The normalized spacial score (nSPS) is 22.8. The zero-order valence-corrected chi connectivity index (χ0v) is 19.1. The Morgan fingerprint density at radius 2 is 1.83 bits per heavy atom. The largest absolute Gasteiger partial charge is 0.461 e. The van der Waals surface area contributed by atoms with Crippen molar-refractivity contribution < 1.29 is 14.3 Å². The highest BCUT2D eigenvalue weighted by Gasteiger charge is 2.31. The van der Waals surface area contributed by atoms with E-state index in [4.69, 9.17) is 32.7 Å². The topological polar surface area (TPSA) is 78.3 Å². The number of fused-ring (bicyclic) bond motifs is 1. The number of halogens is 2. The van der Waals surface area contributed by atoms with Gasteiger partial charge in [0.05, 0.1) is 28.9 Å². The van der Waals surface area contributed by atoms with Crippen molar-refractivity contribution in [1.82, 2.24) is 19.9 Å². The molecule has 4 rings (SSSR count). The molecule has 2 heterocycles. The number of hydrogen-bond donors (Lipinski definition) is 1. The zero-order chi connectivity index (χ0) is 21.4. The van der Waals surface area contributed by atoms with Gasteiger partial charge in [-0.1, -0.05) is 23.2 Å². The summed E-state index contributed by atoms with van der Waals surface area (Å²) < 4.78 is 14.1. The number of nitrogens with one attached hydrogen (secondary N) is 1. The molecule has 2 saturated carbocycles. The van der Waals surface area contributed by atoms with Crippen LogP contribution in [0.5, 0.6) is 6.01 Å². The molecule has 1 N–H and O–H groups in total. The first kappa shape index (κ1) is 21.7. The molecule has 0 bridgehead atoms. The first-order valence-corrected chi connectivity index (χ1v) is 11.4. The summed E-state index contributed by atoms with van der Waals surface area (Å²) in [5.41, 5.74) is 2.25. The van der Waals surface area contributed by atoms with Crippen molar-refractivity contribution >= 4 is 40.1 Å². The number of aryl methyl sites for hydroxylation is 1. The molecule has 0 spiro atoms. The molecule has 0 aromatic carbocycles. The van der Waals surface area contributed by atoms with Gasteiger partial charge in [0.15, 0.2) is 5.15 Å². The highest BCUT2D eigenvalue weighted by Crippen LogP contribution is 2.45. The highest BCUT2D eigenvalue weighted by molar-refractivity contribution is 6.39. The van der Waals surface area contributed by atoms with Gasteiger partial charge in [0, 0.05) is 25.9 Å². The SMILES string of the molecule is CC(=O)N[C@@H](C)COC1CCC(Oc2nc3c(Cl)nc(C4CC4)c(Cl)c3n2C)CC1. The third-order valence-electron chi connectivity index (χ3n) is 5.79. The van der Waals surface area contributed by atoms with E-state index < -0.39 is 0 Å². The van der Waals surface area contributed by atoms with Gasteiger partial charge in [-0.2, -0.15) is 4.98 Å². The van der Waals surface area contributed by atoms with Gasteiger partial charge in [-0.15, -0.1) is 0 Å². The van der Waals surface area contributed by atoms with Crippen LogP contribution in [0.3, 0.4) is 0 Å². The summed E-state index contributed by atoms with van der Waals surface area (Å²) >= 11 is 13.0. The van der Waals surface area contributed by atoms with Gasteiger partial charge in [0.25, 0.3) is 6.01 Å². The maximum absolute atomic E-state index is 11.1. The fourth-order valence-electron chi connectivity index (χ4n) is 4.07. The molecule has 0 radical (unpaired) electrons. The maximum Gasteiger partial charge on any atom is 0.297 e. The molecule has 2 aromatic heterocycles. The second-order valence-corrected chi connectivity index (χ2v) is 9.21. The summed E-state index contributed by atoms with van der Waals surface area (Å²) in [4.78, 5) is 20.2. The van der Waals surface area contributed by atoms with Gasteiger partial charge in [-0.3, -0.25) is 9.36 Å². The zero-order valence-electron chi connectivity index (χ0n) is 17.6. The number of pyridine rings is 1. The number of ether oxygens (including phenoxy) is 2. The monoisotopic (exact) mass is 454 g/mol. The number of amides is 1. The Morgan fingerprint density at radius 3 is 2.47 bits per heavy atom. The molecule has 9 heteroatoms. The standard InChI is InChI=1S/C21H28Cl2N4O3/c1-11(24-12(2)28)10-29-14-6-8-15(9-7-14)30-21-26-18-19(27(21)3)16(22)17(13-4-5-13)25-20(18)23/h11,13-15H,4-10H2,1-3H3,(H,24,28)/t11-,14?,15?/m0/s1. The molecule has 0 unspecified atom stereocenters. The molecule has 2 aliphatic rings. The molecule has 2 aliphatic carbocycles. The Bertz CT molecular complexity index is 936. The minimum atomic E-state index is -0.0367. The fraction of sp³-hybridized carbons (Fsp3) is 0.667. The van der Waals surface area contributed by atoms with Gasteiger partial charge < -0.3 is 14.8 Å². The summed E-state index contributed by atoms with van der Waals surface area (Å²) in [6, 6.07) is 0.535. The van der Waals surface area contributed by atoms with Crippen LogP contribution < -0.4 is 10.1 Å². The number of rotatable bonds is 7. The van der Waals surface area contributed by atoms with Crippen molar-refractivity contribution in [2.24, 2.45) is 7.05 Å². The van der Waals surface area contributed by atoms with Crippen LogP contribution in [0.25, 0.3) is 11.0 Å². The molecule has 1 atom stereocenters. The predicted octanol–water partition coefficient (Wildman–Crippen LogP) is 4.38. The number of nitrogens with zero attached hydrogens (tertiary/aromatic N) is 3. The van der Waals surface area contributed by atoms with E-state index in [1.54, 1.807) is 0 Å². The Labute approximate surface area is 186 Å². The van der Waals surface area contributed by atoms with Crippen molar-refractivity contribution in [1.29, 1.82) is 0 Å². The van der Waals surface area contributed by atoms with Crippen LogP contribution in [-0.4, -0.2) is 45.3 Å². The third kappa shape index (κ3) is 4.68. The van der Waals surface area contributed by atoms with E-state index in [1.807, 2.05) is 18.5 Å². The Morgan fingerprint density at radius 1 is 1.17 bits per heavy atom. The molecule has 164 valence electrons. The number of hydrogen-bond acceptors (Lipinski definition) is 5. The van der Waals surface area contributed by atoms with E-state index in [2.05, 4.69) is 15.3 Å². The minimum absolute atomic E-state index is 0.0140. The lowest BCUT2D eigenvalue weighted by Gasteiger charge is -2.29. The van der Waals surface area contributed by atoms with E-state index in [1.165, 1.54) is 6.92 Å². The smallest absolute Gasteiger partial charge is 0.297 e. The number of imidazole rings is 1. The number of carbonyl (C=O) groups excluding carboxylic acids is 1. The van der Waals surface area contributed by atoms with Crippen molar-refractivity contribution in [3.63, 3.8) is 0 Å². The maximum atomic E-state index is 11.1. The molecule has 2 fully saturated rings. The van der Waals surface area contributed by atoms with Crippen LogP contribution in [0.1, 0.15) is 64.0 Å². The van der Waals surface area contributed by atoms with Crippen molar-refractivity contribution in [2.45, 2.75) is 76.5 Å². The van der Waals surface area contributed by atoms with Gasteiger partial charge in [0.1, 0.15) is 11.6 Å². The molecule has 30 heavy (non-hydrogen) atoms. The van der Waals surface area contributed by atoms with Gasteiger partial charge in [-0.25, -0.2) is 4.98 Å². The number of aromatic nitrogens is 3. The van der Waals surface area contributed by atoms with Gasteiger partial charge >= 0.3 is 0 Å². The van der Waals surface area contributed by atoms with E-state index in [-0.39, 0.29) is 24.2 Å². The average Bonchev–Trinajstić information content (AvgIpc) is 3.48. The predicted molar refractivity (Wildman–Crippen MR) is 116 cm³/mol. The van der Waals surface area contributed by atoms with Crippen molar-refractivity contribution in [2.75, 3.05) is 6.61 Å².